The fourth-order valence-electron chi connectivity index (χ4n) is 1.70. The van der Waals surface area contributed by atoms with Crippen molar-refractivity contribution in [3.63, 3.8) is 0 Å². The molecule has 0 radical (unpaired) electrons. The summed E-state index contributed by atoms with van der Waals surface area (Å²) < 4.78 is 39.2. The number of hydrogen-bond acceptors (Lipinski definition) is 2. The molecule has 3 nitrogen and oxygen atoms in total. The van der Waals surface area contributed by atoms with Gasteiger partial charge in [-0.05, 0) is 24.3 Å². The lowest BCUT2D eigenvalue weighted by atomic mass is 10.1. The predicted octanol–water partition coefficient (Wildman–Crippen LogP) is 2.87. The molecule has 1 amide bonds. The number of amides is 1. The maximum absolute atomic E-state index is 13.4. The van der Waals surface area contributed by atoms with Crippen LogP contribution < -0.4 is 11.1 Å². The Labute approximate surface area is 113 Å². The van der Waals surface area contributed by atoms with Crippen molar-refractivity contribution in [1.82, 2.24) is 0 Å². The Morgan fingerprint density at radius 3 is 2.60 bits per heavy atom. The molecule has 20 heavy (non-hydrogen) atoms. The Kier molecular flexibility index (Phi) is 3.93. The minimum atomic E-state index is -1.06. The summed E-state index contributed by atoms with van der Waals surface area (Å²) in [5.41, 5.74) is 5.73. The van der Waals surface area contributed by atoms with Gasteiger partial charge in [-0.2, -0.15) is 0 Å². The van der Waals surface area contributed by atoms with Crippen LogP contribution >= 0.6 is 0 Å². The van der Waals surface area contributed by atoms with Gasteiger partial charge < -0.3 is 11.1 Å². The van der Waals surface area contributed by atoms with Gasteiger partial charge in [-0.3, -0.25) is 4.79 Å². The summed E-state index contributed by atoms with van der Waals surface area (Å²) >= 11 is 0. The summed E-state index contributed by atoms with van der Waals surface area (Å²) in [5, 5.41) is 2.41. The SMILES string of the molecule is Nc1cc(F)ccc1NC(=O)Cc1cccc(F)c1F. The number of anilines is 2. The van der Waals surface area contributed by atoms with E-state index >= 15 is 0 Å². The second-order valence-corrected chi connectivity index (χ2v) is 4.17. The van der Waals surface area contributed by atoms with Gasteiger partial charge in [0.15, 0.2) is 11.6 Å². The Hall–Kier alpha value is -2.50. The van der Waals surface area contributed by atoms with E-state index < -0.39 is 23.4 Å². The number of nitrogens with one attached hydrogen (secondary N) is 1. The highest BCUT2D eigenvalue weighted by molar-refractivity contribution is 5.95. The second kappa shape index (κ2) is 5.64. The molecule has 0 bridgehead atoms. The minimum Gasteiger partial charge on any atom is -0.397 e. The summed E-state index contributed by atoms with van der Waals surface area (Å²) in [6, 6.07) is 7.08. The number of nitrogens with two attached hydrogens (primary N) is 1. The predicted molar refractivity (Wildman–Crippen MR) is 69.5 cm³/mol. The zero-order chi connectivity index (χ0) is 14.7. The first kappa shape index (κ1) is 13.9. The van der Waals surface area contributed by atoms with Gasteiger partial charge in [-0.1, -0.05) is 12.1 Å². The lowest BCUT2D eigenvalue weighted by Gasteiger charge is -2.08. The van der Waals surface area contributed by atoms with E-state index in [1.54, 1.807) is 0 Å². The van der Waals surface area contributed by atoms with Crippen LogP contribution in [0, 0.1) is 17.5 Å². The third-order valence-corrected chi connectivity index (χ3v) is 2.67. The first-order chi connectivity index (χ1) is 9.47. The third kappa shape index (κ3) is 3.09. The van der Waals surface area contributed by atoms with Crippen LogP contribution in [0.3, 0.4) is 0 Å². The van der Waals surface area contributed by atoms with Crippen molar-refractivity contribution in [3.8, 4) is 0 Å². The maximum Gasteiger partial charge on any atom is 0.228 e. The van der Waals surface area contributed by atoms with Crippen LogP contribution in [0.5, 0.6) is 0 Å². The third-order valence-electron chi connectivity index (χ3n) is 2.67. The first-order valence-corrected chi connectivity index (χ1v) is 5.75. The van der Waals surface area contributed by atoms with E-state index in [1.165, 1.54) is 18.2 Å². The summed E-state index contributed by atoms with van der Waals surface area (Å²) in [6.07, 6.45) is -0.347. The number of hydrogen-bond donors (Lipinski definition) is 2. The molecule has 0 spiro atoms. The Bertz CT molecular complexity index is 659. The molecule has 0 saturated heterocycles. The van der Waals surface area contributed by atoms with E-state index in [2.05, 4.69) is 5.32 Å². The maximum atomic E-state index is 13.4. The molecule has 6 heteroatoms. The minimum absolute atomic E-state index is 0.0538. The average Bonchev–Trinajstić information content (AvgIpc) is 2.38. The molecule has 0 aliphatic heterocycles. The Morgan fingerprint density at radius 2 is 1.90 bits per heavy atom. The van der Waals surface area contributed by atoms with Crippen LogP contribution in [0.1, 0.15) is 5.56 Å². The number of carbonyl (C=O) groups excluding carboxylic acids is 1. The fraction of sp³-hybridized carbons (Fsp3) is 0.0714. The van der Waals surface area contributed by atoms with Crippen molar-refractivity contribution in [1.29, 1.82) is 0 Å². The van der Waals surface area contributed by atoms with E-state index in [0.717, 1.165) is 18.2 Å². The van der Waals surface area contributed by atoms with Crippen LogP contribution in [0.15, 0.2) is 36.4 Å². The topological polar surface area (TPSA) is 55.1 Å². The fourth-order valence-corrected chi connectivity index (χ4v) is 1.70. The lowest BCUT2D eigenvalue weighted by Crippen LogP contribution is -2.16. The molecule has 0 aliphatic rings. The molecule has 0 fully saturated rings. The van der Waals surface area contributed by atoms with Crippen molar-refractivity contribution in [2.24, 2.45) is 0 Å². The lowest BCUT2D eigenvalue weighted by molar-refractivity contribution is -0.115. The van der Waals surface area contributed by atoms with E-state index in [9.17, 15) is 18.0 Å². The van der Waals surface area contributed by atoms with Crippen molar-refractivity contribution in [2.75, 3.05) is 11.1 Å². The summed E-state index contributed by atoms with van der Waals surface area (Å²) in [7, 11) is 0. The van der Waals surface area contributed by atoms with Crippen LogP contribution in [0.4, 0.5) is 24.5 Å². The van der Waals surface area contributed by atoms with Gasteiger partial charge in [-0.25, -0.2) is 13.2 Å². The molecule has 2 aromatic rings. The molecule has 0 atom stereocenters. The largest absolute Gasteiger partial charge is 0.397 e. The highest BCUT2D eigenvalue weighted by Crippen LogP contribution is 2.20. The summed E-state index contributed by atoms with van der Waals surface area (Å²) in [4.78, 5) is 11.7. The Morgan fingerprint density at radius 1 is 1.15 bits per heavy atom. The van der Waals surface area contributed by atoms with E-state index in [0.29, 0.717) is 0 Å². The van der Waals surface area contributed by atoms with Gasteiger partial charge in [0, 0.05) is 5.56 Å². The smallest absolute Gasteiger partial charge is 0.228 e. The van der Waals surface area contributed by atoms with Gasteiger partial charge in [0.2, 0.25) is 5.91 Å². The molecule has 0 aliphatic carbocycles. The number of nitrogen functional groups attached to an aromatic ring is 1. The zero-order valence-corrected chi connectivity index (χ0v) is 10.3. The Balaban J connectivity index is 2.11. The quantitative estimate of drug-likeness (QED) is 0.849. The first-order valence-electron chi connectivity index (χ1n) is 5.75. The summed E-state index contributed by atoms with van der Waals surface area (Å²) in [5.74, 6) is -3.18. The number of carbonyl (C=O) groups is 1. The molecular formula is C14H11F3N2O. The van der Waals surface area contributed by atoms with Crippen LogP contribution in [-0.2, 0) is 11.2 Å². The molecule has 0 unspecified atom stereocenters. The molecule has 0 aromatic heterocycles. The van der Waals surface area contributed by atoms with Gasteiger partial charge in [0.25, 0.3) is 0 Å². The molecule has 2 rings (SSSR count). The number of benzene rings is 2. The molecule has 0 heterocycles. The highest BCUT2D eigenvalue weighted by Gasteiger charge is 2.12. The molecule has 2 aromatic carbocycles. The van der Waals surface area contributed by atoms with Crippen molar-refractivity contribution in [3.05, 3.63) is 59.4 Å². The van der Waals surface area contributed by atoms with Gasteiger partial charge in [0.1, 0.15) is 5.82 Å². The normalized spacial score (nSPS) is 10.3. The van der Waals surface area contributed by atoms with Crippen molar-refractivity contribution >= 4 is 17.3 Å². The van der Waals surface area contributed by atoms with E-state index in [1.807, 2.05) is 0 Å². The summed E-state index contributed by atoms with van der Waals surface area (Å²) in [6.45, 7) is 0. The van der Waals surface area contributed by atoms with E-state index in [4.69, 9.17) is 5.73 Å². The van der Waals surface area contributed by atoms with Gasteiger partial charge in [-0.15, -0.1) is 0 Å². The van der Waals surface area contributed by atoms with E-state index in [-0.39, 0.29) is 23.4 Å². The number of rotatable bonds is 3. The van der Waals surface area contributed by atoms with Crippen molar-refractivity contribution < 1.29 is 18.0 Å². The van der Waals surface area contributed by atoms with Gasteiger partial charge in [0.05, 0.1) is 17.8 Å². The molecule has 0 saturated carbocycles. The average molecular weight is 280 g/mol. The van der Waals surface area contributed by atoms with Crippen LogP contribution in [0.2, 0.25) is 0 Å². The van der Waals surface area contributed by atoms with Crippen LogP contribution in [-0.4, -0.2) is 5.91 Å². The monoisotopic (exact) mass is 280 g/mol. The van der Waals surface area contributed by atoms with Gasteiger partial charge >= 0.3 is 0 Å². The molecular weight excluding hydrogens is 269 g/mol. The van der Waals surface area contributed by atoms with Crippen LogP contribution in [0.25, 0.3) is 0 Å². The number of halogens is 3. The highest BCUT2D eigenvalue weighted by atomic mass is 19.2. The standard InChI is InChI=1S/C14H11F3N2O/c15-9-4-5-12(11(18)7-9)19-13(20)6-8-2-1-3-10(16)14(8)17/h1-5,7H,6,18H2,(H,19,20). The molecule has 104 valence electrons. The zero-order valence-electron chi connectivity index (χ0n) is 10.3. The second-order valence-electron chi connectivity index (χ2n) is 4.17. The van der Waals surface area contributed by atoms with Crippen molar-refractivity contribution in [2.45, 2.75) is 6.42 Å². The molecule has 3 N–H and O–H groups in total.